The van der Waals surface area contributed by atoms with Gasteiger partial charge in [-0.05, 0) is 18.2 Å². The summed E-state index contributed by atoms with van der Waals surface area (Å²) in [5.74, 6) is -0.215. The molecule has 1 aliphatic rings. The molecule has 9 heteroatoms. The number of sulfonamides is 1. The molecule has 1 fully saturated rings. The molecule has 1 aromatic carbocycles. The minimum atomic E-state index is -3.78. The summed E-state index contributed by atoms with van der Waals surface area (Å²) in [7, 11) is -2.41. The van der Waals surface area contributed by atoms with Crippen LogP contribution in [0.5, 0.6) is 0 Å². The zero-order valence-corrected chi connectivity index (χ0v) is 14.4. The second-order valence-corrected chi connectivity index (χ2v) is 7.83. The van der Waals surface area contributed by atoms with Crippen LogP contribution in [0.15, 0.2) is 23.1 Å². The van der Waals surface area contributed by atoms with E-state index in [1.165, 1.54) is 25.2 Å². The van der Waals surface area contributed by atoms with Crippen LogP contribution in [0.25, 0.3) is 0 Å². The van der Waals surface area contributed by atoms with E-state index in [9.17, 15) is 13.2 Å². The SMILES string of the molecule is CN(CC(=O)N1CCNCC1)S(=O)(=O)c1ccc(Cl)c(Cl)c1. The molecule has 0 aliphatic carbocycles. The van der Waals surface area contributed by atoms with E-state index >= 15 is 0 Å². The van der Waals surface area contributed by atoms with Gasteiger partial charge in [-0.15, -0.1) is 0 Å². The first kappa shape index (κ1) is 17.5. The molecule has 0 spiro atoms. The van der Waals surface area contributed by atoms with Crippen molar-refractivity contribution in [2.75, 3.05) is 39.8 Å². The molecule has 22 heavy (non-hydrogen) atoms. The number of benzene rings is 1. The molecule has 122 valence electrons. The fourth-order valence-electron chi connectivity index (χ4n) is 2.11. The minimum absolute atomic E-state index is 0.0116. The average molecular weight is 366 g/mol. The number of nitrogens with zero attached hydrogens (tertiary/aromatic N) is 2. The summed E-state index contributed by atoms with van der Waals surface area (Å²) in [6, 6.07) is 4.07. The Hall–Kier alpha value is -0.860. The summed E-state index contributed by atoms with van der Waals surface area (Å²) in [4.78, 5) is 13.8. The largest absolute Gasteiger partial charge is 0.339 e. The first-order chi connectivity index (χ1) is 10.3. The van der Waals surface area contributed by atoms with Crippen molar-refractivity contribution in [3.8, 4) is 0 Å². The smallest absolute Gasteiger partial charge is 0.243 e. The van der Waals surface area contributed by atoms with Crippen molar-refractivity contribution in [1.29, 1.82) is 0 Å². The number of carbonyl (C=O) groups is 1. The summed E-state index contributed by atoms with van der Waals surface area (Å²) in [5, 5.41) is 3.57. The van der Waals surface area contributed by atoms with Crippen LogP contribution in [-0.2, 0) is 14.8 Å². The molecule has 1 aliphatic heterocycles. The Morgan fingerprint density at radius 2 is 1.91 bits per heavy atom. The molecule has 1 saturated heterocycles. The maximum Gasteiger partial charge on any atom is 0.243 e. The summed E-state index contributed by atoms with van der Waals surface area (Å²) in [6.45, 7) is 2.39. The zero-order valence-electron chi connectivity index (χ0n) is 12.1. The molecule has 0 atom stereocenters. The summed E-state index contributed by atoms with van der Waals surface area (Å²) in [6.07, 6.45) is 0. The van der Waals surface area contributed by atoms with Gasteiger partial charge in [-0.2, -0.15) is 4.31 Å². The van der Waals surface area contributed by atoms with Gasteiger partial charge in [-0.3, -0.25) is 4.79 Å². The third-order valence-electron chi connectivity index (χ3n) is 3.43. The van der Waals surface area contributed by atoms with Crippen molar-refractivity contribution in [2.24, 2.45) is 0 Å². The van der Waals surface area contributed by atoms with E-state index in [2.05, 4.69) is 5.32 Å². The molecular formula is C13H17Cl2N3O3S. The maximum absolute atomic E-state index is 12.5. The summed E-state index contributed by atoms with van der Waals surface area (Å²) in [5.41, 5.74) is 0. The third-order valence-corrected chi connectivity index (χ3v) is 5.97. The average Bonchev–Trinajstić information content (AvgIpc) is 2.50. The summed E-state index contributed by atoms with van der Waals surface area (Å²) >= 11 is 11.6. The molecule has 0 bridgehead atoms. The summed E-state index contributed by atoms with van der Waals surface area (Å²) < 4.78 is 25.9. The van der Waals surface area contributed by atoms with Crippen LogP contribution < -0.4 is 5.32 Å². The molecule has 1 N–H and O–H groups in total. The second-order valence-electron chi connectivity index (χ2n) is 4.97. The lowest BCUT2D eigenvalue weighted by molar-refractivity contribution is -0.131. The fraction of sp³-hybridized carbons (Fsp3) is 0.462. The number of rotatable bonds is 4. The van der Waals surface area contributed by atoms with Gasteiger partial charge in [0.2, 0.25) is 15.9 Å². The standard InChI is InChI=1S/C13H17Cl2N3O3S/c1-17(9-13(19)18-6-4-16-5-7-18)22(20,21)10-2-3-11(14)12(15)8-10/h2-3,8,16H,4-7,9H2,1H3. The van der Waals surface area contributed by atoms with Gasteiger partial charge in [-0.1, -0.05) is 23.2 Å². The van der Waals surface area contributed by atoms with Crippen LogP contribution in [0.4, 0.5) is 0 Å². The van der Waals surface area contributed by atoms with Gasteiger partial charge in [0.1, 0.15) is 0 Å². The highest BCUT2D eigenvalue weighted by atomic mass is 35.5. The molecule has 2 rings (SSSR count). The first-order valence-electron chi connectivity index (χ1n) is 6.72. The lowest BCUT2D eigenvalue weighted by Gasteiger charge is -2.29. The Bertz CT molecular complexity index is 660. The van der Waals surface area contributed by atoms with E-state index in [0.717, 1.165) is 17.4 Å². The van der Waals surface area contributed by atoms with Crippen molar-refractivity contribution >= 4 is 39.1 Å². The van der Waals surface area contributed by atoms with Gasteiger partial charge in [0.25, 0.3) is 0 Å². The molecular weight excluding hydrogens is 349 g/mol. The van der Waals surface area contributed by atoms with E-state index in [1.807, 2.05) is 0 Å². The normalized spacial score (nSPS) is 16.1. The molecule has 1 heterocycles. The molecule has 0 unspecified atom stereocenters. The first-order valence-corrected chi connectivity index (χ1v) is 8.92. The molecule has 0 aromatic heterocycles. The van der Waals surface area contributed by atoms with E-state index in [4.69, 9.17) is 23.2 Å². The van der Waals surface area contributed by atoms with Gasteiger partial charge < -0.3 is 10.2 Å². The lowest BCUT2D eigenvalue weighted by Crippen LogP contribution is -2.49. The Labute approximate surface area is 140 Å². The van der Waals surface area contributed by atoms with E-state index in [0.29, 0.717) is 13.1 Å². The molecule has 6 nitrogen and oxygen atoms in total. The van der Waals surface area contributed by atoms with Gasteiger partial charge >= 0.3 is 0 Å². The number of carbonyl (C=O) groups excluding carboxylic acids is 1. The number of hydrogen-bond acceptors (Lipinski definition) is 4. The highest BCUT2D eigenvalue weighted by Gasteiger charge is 2.26. The van der Waals surface area contributed by atoms with Crippen LogP contribution in [0.2, 0.25) is 10.0 Å². The monoisotopic (exact) mass is 365 g/mol. The number of halogens is 2. The van der Waals surface area contributed by atoms with Crippen molar-refractivity contribution in [1.82, 2.24) is 14.5 Å². The van der Waals surface area contributed by atoms with E-state index < -0.39 is 10.0 Å². The molecule has 1 amide bonds. The van der Waals surface area contributed by atoms with Crippen LogP contribution in [0, 0.1) is 0 Å². The number of hydrogen-bond donors (Lipinski definition) is 1. The van der Waals surface area contributed by atoms with Crippen molar-refractivity contribution in [2.45, 2.75) is 4.90 Å². The van der Waals surface area contributed by atoms with Crippen LogP contribution in [-0.4, -0.2) is 63.3 Å². The predicted molar refractivity (Wildman–Crippen MR) is 85.7 cm³/mol. The Morgan fingerprint density at radius 3 is 2.50 bits per heavy atom. The van der Waals surface area contributed by atoms with Gasteiger partial charge in [0.15, 0.2) is 0 Å². The quantitative estimate of drug-likeness (QED) is 0.865. The van der Waals surface area contributed by atoms with Gasteiger partial charge in [-0.25, -0.2) is 8.42 Å². The number of piperazine rings is 1. The molecule has 1 aromatic rings. The van der Waals surface area contributed by atoms with Crippen LogP contribution >= 0.6 is 23.2 Å². The predicted octanol–water partition coefficient (Wildman–Crippen LogP) is 1.05. The Kier molecular flexibility index (Phi) is 5.68. The fourth-order valence-corrected chi connectivity index (χ4v) is 3.62. The molecule has 0 radical (unpaired) electrons. The number of amides is 1. The van der Waals surface area contributed by atoms with Crippen molar-refractivity contribution in [3.63, 3.8) is 0 Å². The van der Waals surface area contributed by atoms with Crippen molar-refractivity contribution < 1.29 is 13.2 Å². The van der Waals surface area contributed by atoms with Crippen LogP contribution in [0.1, 0.15) is 0 Å². The second kappa shape index (κ2) is 7.14. The number of nitrogens with one attached hydrogen (secondary N) is 1. The Balaban J connectivity index is 2.11. The molecule has 0 saturated carbocycles. The van der Waals surface area contributed by atoms with Crippen molar-refractivity contribution in [3.05, 3.63) is 28.2 Å². The topological polar surface area (TPSA) is 69.7 Å². The van der Waals surface area contributed by atoms with E-state index in [1.54, 1.807) is 4.90 Å². The van der Waals surface area contributed by atoms with E-state index in [-0.39, 0.29) is 27.4 Å². The number of likely N-dealkylation sites (N-methyl/N-ethyl adjacent to an activating group) is 1. The highest BCUT2D eigenvalue weighted by molar-refractivity contribution is 7.89. The lowest BCUT2D eigenvalue weighted by atomic mass is 10.3. The van der Waals surface area contributed by atoms with Gasteiger partial charge in [0, 0.05) is 33.2 Å². The zero-order chi connectivity index (χ0) is 16.3. The van der Waals surface area contributed by atoms with Gasteiger partial charge in [0.05, 0.1) is 21.5 Å². The van der Waals surface area contributed by atoms with Crippen LogP contribution in [0.3, 0.4) is 0 Å². The minimum Gasteiger partial charge on any atom is -0.339 e. The third kappa shape index (κ3) is 3.91. The maximum atomic E-state index is 12.5. The highest BCUT2D eigenvalue weighted by Crippen LogP contribution is 2.26. The Morgan fingerprint density at radius 1 is 1.27 bits per heavy atom.